The summed E-state index contributed by atoms with van der Waals surface area (Å²) < 4.78 is 1.16. The molecule has 2 atom stereocenters. The molecule has 2 heterocycles. The molecular formula is C17H22N2O2S. The maximum absolute atomic E-state index is 11.9. The van der Waals surface area contributed by atoms with Gasteiger partial charge in [0.25, 0.3) is 0 Å². The summed E-state index contributed by atoms with van der Waals surface area (Å²) in [4.78, 5) is 12.8. The Morgan fingerprint density at radius 2 is 2.32 bits per heavy atom. The standard InChI is InChI=1S/C17H22N2O2S/c20-14(16-9-13-3-1-2-4-15(13)22-16)11-19-17(21)6-5-12-7-8-18-10-12/h1-4,9,12,14,18,20H,5-8,10-11H2,(H,19,21). The lowest BCUT2D eigenvalue weighted by Crippen LogP contribution is -2.28. The van der Waals surface area contributed by atoms with Crippen LogP contribution in [0.1, 0.15) is 30.2 Å². The molecule has 1 aliphatic heterocycles. The predicted molar refractivity (Wildman–Crippen MR) is 90.0 cm³/mol. The number of aliphatic hydroxyl groups excluding tert-OH is 1. The fraction of sp³-hybridized carbons (Fsp3) is 0.471. The van der Waals surface area contributed by atoms with E-state index in [1.165, 1.54) is 0 Å². The minimum atomic E-state index is -0.630. The van der Waals surface area contributed by atoms with E-state index in [2.05, 4.69) is 10.6 Å². The van der Waals surface area contributed by atoms with E-state index in [1.54, 1.807) is 11.3 Å². The highest BCUT2D eigenvalue weighted by Crippen LogP contribution is 2.29. The molecule has 22 heavy (non-hydrogen) atoms. The van der Waals surface area contributed by atoms with Crippen molar-refractivity contribution in [3.8, 4) is 0 Å². The van der Waals surface area contributed by atoms with Crippen molar-refractivity contribution in [2.75, 3.05) is 19.6 Å². The Kier molecular flexibility index (Phi) is 5.08. The largest absolute Gasteiger partial charge is 0.386 e. The highest BCUT2D eigenvalue weighted by molar-refractivity contribution is 7.19. The second kappa shape index (κ2) is 7.22. The van der Waals surface area contributed by atoms with Crippen LogP contribution in [0.5, 0.6) is 0 Å². The summed E-state index contributed by atoms with van der Waals surface area (Å²) in [7, 11) is 0. The summed E-state index contributed by atoms with van der Waals surface area (Å²) >= 11 is 1.58. The van der Waals surface area contributed by atoms with Crippen LogP contribution in [0.2, 0.25) is 0 Å². The average molecular weight is 318 g/mol. The Hall–Kier alpha value is -1.43. The van der Waals surface area contributed by atoms with Crippen molar-refractivity contribution in [1.29, 1.82) is 0 Å². The second-order valence-electron chi connectivity index (χ2n) is 5.90. The molecule has 5 heteroatoms. The minimum Gasteiger partial charge on any atom is -0.386 e. The van der Waals surface area contributed by atoms with E-state index in [0.29, 0.717) is 12.3 Å². The van der Waals surface area contributed by atoms with Gasteiger partial charge in [0.1, 0.15) is 6.10 Å². The minimum absolute atomic E-state index is 0.0343. The van der Waals surface area contributed by atoms with E-state index in [0.717, 1.165) is 40.9 Å². The zero-order valence-electron chi connectivity index (χ0n) is 12.5. The number of thiophene rings is 1. The summed E-state index contributed by atoms with van der Waals surface area (Å²) in [5.41, 5.74) is 0. The Morgan fingerprint density at radius 1 is 1.45 bits per heavy atom. The predicted octanol–water partition coefficient (Wildman–Crippen LogP) is 2.44. The van der Waals surface area contributed by atoms with Crippen LogP contribution in [0.25, 0.3) is 10.1 Å². The molecule has 2 unspecified atom stereocenters. The zero-order valence-corrected chi connectivity index (χ0v) is 13.4. The molecule has 1 aliphatic rings. The molecule has 1 amide bonds. The van der Waals surface area contributed by atoms with Crippen molar-refractivity contribution >= 4 is 27.3 Å². The lowest BCUT2D eigenvalue weighted by atomic mass is 10.0. The van der Waals surface area contributed by atoms with Gasteiger partial charge in [-0.05, 0) is 49.4 Å². The normalized spacial score (nSPS) is 19.4. The summed E-state index contributed by atoms with van der Waals surface area (Å²) in [6, 6.07) is 10.1. The van der Waals surface area contributed by atoms with Crippen LogP contribution in [0.4, 0.5) is 0 Å². The molecule has 118 valence electrons. The van der Waals surface area contributed by atoms with Gasteiger partial charge in [-0.25, -0.2) is 0 Å². The number of benzene rings is 1. The third-order valence-corrected chi connectivity index (χ3v) is 5.42. The highest BCUT2D eigenvalue weighted by Gasteiger charge is 2.17. The molecule has 0 spiro atoms. The van der Waals surface area contributed by atoms with E-state index in [9.17, 15) is 9.90 Å². The van der Waals surface area contributed by atoms with E-state index in [-0.39, 0.29) is 12.5 Å². The van der Waals surface area contributed by atoms with Crippen LogP contribution in [0.3, 0.4) is 0 Å². The SMILES string of the molecule is O=C(CCC1CCNC1)NCC(O)c1cc2ccccc2s1. The van der Waals surface area contributed by atoms with E-state index >= 15 is 0 Å². The molecule has 0 saturated carbocycles. The smallest absolute Gasteiger partial charge is 0.220 e. The number of aliphatic hydroxyl groups is 1. The monoisotopic (exact) mass is 318 g/mol. The van der Waals surface area contributed by atoms with Crippen LogP contribution in [-0.2, 0) is 4.79 Å². The highest BCUT2D eigenvalue weighted by atomic mass is 32.1. The first-order valence-corrected chi connectivity index (χ1v) is 8.68. The van der Waals surface area contributed by atoms with Crippen molar-refractivity contribution in [3.05, 3.63) is 35.2 Å². The van der Waals surface area contributed by atoms with Gasteiger partial charge in [-0.15, -0.1) is 11.3 Å². The van der Waals surface area contributed by atoms with Gasteiger partial charge in [0.05, 0.1) is 0 Å². The molecule has 0 bridgehead atoms. The molecule has 3 N–H and O–H groups in total. The van der Waals surface area contributed by atoms with Gasteiger partial charge in [0.2, 0.25) is 5.91 Å². The number of carbonyl (C=O) groups is 1. The molecule has 3 rings (SSSR count). The molecule has 1 saturated heterocycles. The molecule has 2 aromatic rings. The van der Waals surface area contributed by atoms with Crippen molar-refractivity contribution in [2.24, 2.45) is 5.92 Å². The Bertz CT molecular complexity index is 601. The molecular weight excluding hydrogens is 296 g/mol. The average Bonchev–Trinajstić information content (AvgIpc) is 3.19. The van der Waals surface area contributed by atoms with Crippen molar-refractivity contribution < 1.29 is 9.90 Å². The fourth-order valence-corrected chi connectivity index (χ4v) is 3.91. The van der Waals surface area contributed by atoms with Gasteiger partial charge in [0, 0.05) is 22.5 Å². The maximum Gasteiger partial charge on any atom is 0.220 e. The molecule has 1 fully saturated rings. The van der Waals surface area contributed by atoms with Crippen molar-refractivity contribution in [3.63, 3.8) is 0 Å². The molecule has 0 radical (unpaired) electrons. The number of carbonyl (C=O) groups excluding carboxylic acids is 1. The van der Waals surface area contributed by atoms with Crippen LogP contribution < -0.4 is 10.6 Å². The molecule has 1 aromatic carbocycles. The molecule has 0 aliphatic carbocycles. The number of fused-ring (bicyclic) bond motifs is 1. The van der Waals surface area contributed by atoms with E-state index in [1.807, 2.05) is 30.3 Å². The summed E-state index contributed by atoms with van der Waals surface area (Å²) in [6.07, 6.45) is 2.01. The quantitative estimate of drug-likeness (QED) is 0.766. The van der Waals surface area contributed by atoms with Gasteiger partial charge >= 0.3 is 0 Å². The van der Waals surface area contributed by atoms with E-state index in [4.69, 9.17) is 0 Å². The number of nitrogens with one attached hydrogen (secondary N) is 2. The van der Waals surface area contributed by atoms with Gasteiger partial charge < -0.3 is 15.7 Å². The Morgan fingerprint density at radius 3 is 3.09 bits per heavy atom. The van der Waals surface area contributed by atoms with Crippen LogP contribution in [0, 0.1) is 5.92 Å². The Labute approximate surface area is 134 Å². The first-order chi connectivity index (χ1) is 10.7. The fourth-order valence-electron chi connectivity index (χ4n) is 2.86. The Balaban J connectivity index is 1.46. The number of amides is 1. The van der Waals surface area contributed by atoms with E-state index < -0.39 is 6.10 Å². The lowest BCUT2D eigenvalue weighted by molar-refractivity contribution is -0.121. The van der Waals surface area contributed by atoms with Crippen molar-refractivity contribution in [1.82, 2.24) is 10.6 Å². The maximum atomic E-state index is 11.9. The van der Waals surface area contributed by atoms with Crippen LogP contribution in [0.15, 0.2) is 30.3 Å². The first kappa shape index (κ1) is 15.5. The number of rotatable bonds is 6. The first-order valence-electron chi connectivity index (χ1n) is 7.86. The number of hydrogen-bond donors (Lipinski definition) is 3. The molecule has 1 aromatic heterocycles. The van der Waals surface area contributed by atoms with Gasteiger partial charge in [-0.2, -0.15) is 0 Å². The molecule has 4 nitrogen and oxygen atoms in total. The summed E-state index contributed by atoms with van der Waals surface area (Å²) in [6.45, 7) is 2.38. The van der Waals surface area contributed by atoms with Crippen molar-refractivity contribution in [2.45, 2.75) is 25.4 Å². The second-order valence-corrected chi connectivity index (χ2v) is 7.02. The lowest BCUT2D eigenvalue weighted by Gasteiger charge is -2.11. The van der Waals surface area contributed by atoms with Gasteiger partial charge in [0.15, 0.2) is 0 Å². The number of hydrogen-bond acceptors (Lipinski definition) is 4. The summed E-state index contributed by atoms with van der Waals surface area (Å²) in [5.74, 6) is 0.658. The van der Waals surface area contributed by atoms with Gasteiger partial charge in [-0.1, -0.05) is 18.2 Å². The third kappa shape index (κ3) is 3.85. The van der Waals surface area contributed by atoms with Crippen LogP contribution in [-0.4, -0.2) is 30.6 Å². The topological polar surface area (TPSA) is 61.4 Å². The van der Waals surface area contributed by atoms with Gasteiger partial charge in [-0.3, -0.25) is 4.79 Å². The zero-order chi connectivity index (χ0) is 15.4. The van der Waals surface area contributed by atoms with Crippen LogP contribution >= 0.6 is 11.3 Å². The summed E-state index contributed by atoms with van der Waals surface area (Å²) in [5, 5.41) is 17.5. The third-order valence-electron chi connectivity index (χ3n) is 4.21.